The molecule has 0 unspecified atom stereocenters. The molecule has 0 aromatic carbocycles. The number of allylic oxidation sites excluding steroid dienone is 2. The number of hydrogen-bond acceptors (Lipinski definition) is 5. The Hall–Kier alpha value is -1.75. The minimum atomic E-state index is 0.138. The van der Waals surface area contributed by atoms with Crippen molar-refractivity contribution in [2.24, 2.45) is 11.5 Å². The lowest BCUT2D eigenvalue weighted by Crippen LogP contribution is -2.05. The summed E-state index contributed by atoms with van der Waals surface area (Å²) in [6.07, 6.45) is 4.45. The first-order valence-electron chi connectivity index (χ1n) is 4.10. The van der Waals surface area contributed by atoms with Gasteiger partial charge >= 0.3 is 0 Å². The summed E-state index contributed by atoms with van der Waals surface area (Å²) in [5.41, 5.74) is 12.0. The number of methoxy groups -OCH3 is 1. The molecule has 1 heterocycles. The Morgan fingerprint density at radius 3 is 2.87 bits per heavy atom. The third-order valence-corrected chi connectivity index (χ3v) is 1.83. The quantitative estimate of drug-likeness (QED) is 0.454. The standard InChI is InChI=1S/C9H11ClN4O/c1-15-8(12)6(2-4-11)7-3-5-13-9(10)14-7/h2-5H,11-12H2,1H3/b4-2-,8-6-. The van der Waals surface area contributed by atoms with E-state index in [9.17, 15) is 0 Å². The lowest BCUT2D eigenvalue weighted by atomic mass is 10.2. The van der Waals surface area contributed by atoms with E-state index in [4.69, 9.17) is 27.8 Å². The Bertz CT molecular complexity index is 403. The molecule has 0 saturated carbocycles. The highest BCUT2D eigenvalue weighted by atomic mass is 35.5. The van der Waals surface area contributed by atoms with Crippen LogP contribution in [0.3, 0.4) is 0 Å². The second kappa shape index (κ2) is 5.21. The van der Waals surface area contributed by atoms with Crippen molar-refractivity contribution < 1.29 is 4.74 Å². The van der Waals surface area contributed by atoms with Gasteiger partial charge in [-0.2, -0.15) is 0 Å². The SMILES string of the molecule is CO/C(N)=C(/C=C\N)c1ccnc(Cl)n1. The first kappa shape index (κ1) is 11.3. The number of nitrogens with two attached hydrogens (primary N) is 2. The van der Waals surface area contributed by atoms with Gasteiger partial charge in [0.1, 0.15) is 0 Å². The lowest BCUT2D eigenvalue weighted by Gasteiger charge is -2.06. The summed E-state index contributed by atoms with van der Waals surface area (Å²) in [6, 6.07) is 1.66. The van der Waals surface area contributed by atoms with Gasteiger partial charge in [0.05, 0.1) is 18.4 Å². The summed E-state index contributed by atoms with van der Waals surface area (Å²) in [6.45, 7) is 0. The molecule has 15 heavy (non-hydrogen) atoms. The Labute approximate surface area is 92.4 Å². The van der Waals surface area contributed by atoms with Gasteiger partial charge in [0, 0.05) is 6.20 Å². The van der Waals surface area contributed by atoms with Crippen LogP contribution in [0.4, 0.5) is 0 Å². The maximum absolute atomic E-state index is 5.66. The van der Waals surface area contributed by atoms with E-state index >= 15 is 0 Å². The maximum atomic E-state index is 5.66. The van der Waals surface area contributed by atoms with Crippen molar-refractivity contribution in [3.63, 3.8) is 0 Å². The molecule has 0 atom stereocenters. The number of nitrogens with zero attached hydrogens (tertiary/aromatic N) is 2. The molecule has 0 fully saturated rings. The average molecular weight is 227 g/mol. The van der Waals surface area contributed by atoms with Crippen molar-refractivity contribution in [1.82, 2.24) is 9.97 Å². The van der Waals surface area contributed by atoms with E-state index in [0.717, 1.165) is 0 Å². The minimum absolute atomic E-state index is 0.138. The Balaban J connectivity index is 3.22. The van der Waals surface area contributed by atoms with Gasteiger partial charge in [-0.15, -0.1) is 0 Å². The molecule has 0 bridgehead atoms. The van der Waals surface area contributed by atoms with Crippen LogP contribution in [0.15, 0.2) is 30.4 Å². The van der Waals surface area contributed by atoms with Crippen LogP contribution >= 0.6 is 11.6 Å². The molecule has 1 aromatic heterocycles. The highest BCUT2D eigenvalue weighted by Gasteiger charge is 2.06. The zero-order valence-electron chi connectivity index (χ0n) is 8.14. The first-order valence-corrected chi connectivity index (χ1v) is 4.47. The Kier molecular flexibility index (Phi) is 3.93. The van der Waals surface area contributed by atoms with Gasteiger partial charge in [-0.05, 0) is 29.9 Å². The Morgan fingerprint density at radius 1 is 1.60 bits per heavy atom. The second-order valence-corrected chi connectivity index (χ2v) is 2.89. The zero-order valence-corrected chi connectivity index (χ0v) is 8.90. The lowest BCUT2D eigenvalue weighted by molar-refractivity contribution is 0.290. The van der Waals surface area contributed by atoms with E-state index < -0.39 is 0 Å². The number of rotatable bonds is 3. The number of aromatic nitrogens is 2. The van der Waals surface area contributed by atoms with Crippen molar-refractivity contribution in [1.29, 1.82) is 0 Å². The predicted octanol–water partition coefficient (Wildman–Crippen LogP) is 0.876. The van der Waals surface area contributed by atoms with Crippen LogP contribution in [0.1, 0.15) is 5.69 Å². The molecule has 0 aliphatic heterocycles. The fourth-order valence-corrected chi connectivity index (χ4v) is 1.13. The van der Waals surface area contributed by atoms with Crippen LogP contribution in [0, 0.1) is 0 Å². The zero-order chi connectivity index (χ0) is 11.3. The molecule has 0 aliphatic carbocycles. The Morgan fingerprint density at radius 2 is 2.33 bits per heavy atom. The van der Waals surface area contributed by atoms with Crippen molar-refractivity contribution in [2.75, 3.05) is 7.11 Å². The van der Waals surface area contributed by atoms with Crippen molar-refractivity contribution >= 4 is 17.2 Å². The van der Waals surface area contributed by atoms with Crippen LogP contribution in [0.2, 0.25) is 5.28 Å². The van der Waals surface area contributed by atoms with Crippen LogP contribution in [-0.2, 0) is 4.74 Å². The van der Waals surface area contributed by atoms with Crippen LogP contribution in [-0.4, -0.2) is 17.1 Å². The van der Waals surface area contributed by atoms with E-state index in [-0.39, 0.29) is 11.2 Å². The van der Waals surface area contributed by atoms with Crippen molar-refractivity contribution in [3.05, 3.63) is 41.4 Å². The molecule has 1 rings (SSSR count). The predicted molar refractivity (Wildman–Crippen MR) is 58.5 cm³/mol. The molecule has 0 amide bonds. The van der Waals surface area contributed by atoms with Gasteiger partial charge in [-0.1, -0.05) is 0 Å². The maximum Gasteiger partial charge on any atom is 0.222 e. The van der Waals surface area contributed by atoms with Gasteiger partial charge in [0.25, 0.3) is 0 Å². The molecule has 0 aliphatic rings. The average Bonchev–Trinajstić information content (AvgIpc) is 2.25. The summed E-state index contributed by atoms with van der Waals surface area (Å²) in [7, 11) is 1.46. The first-order chi connectivity index (χ1) is 7.19. The molecular formula is C9H11ClN4O. The minimum Gasteiger partial charge on any atom is -0.482 e. The van der Waals surface area contributed by atoms with Gasteiger partial charge in [-0.3, -0.25) is 0 Å². The third-order valence-electron chi connectivity index (χ3n) is 1.65. The molecular weight excluding hydrogens is 216 g/mol. The molecule has 4 N–H and O–H groups in total. The highest BCUT2D eigenvalue weighted by Crippen LogP contribution is 2.16. The van der Waals surface area contributed by atoms with E-state index in [1.165, 1.54) is 19.5 Å². The number of ether oxygens (including phenoxy) is 1. The van der Waals surface area contributed by atoms with Gasteiger partial charge in [0.15, 0.2) is 5.88 Å². The second-order valence-electron chi connectivity index (χ2n) is 2.55. The van der Waals surface area contributed by atoms with E-state index in [0.29, 0.717) is 11.3 Å². The number of hydrogen-bond donors (Lipinski definition) is 2. The van der Waals surface area contributed by atoms with Crippen LogP contribution in [0.25, 0.3) is 5.57 Å². The molecule has 0 spiro atoms. The van der Waals surface area contributed by atoms with Crippen LogP contribution in [0.5, 0.6) is 0 Å². The van der Waals surface area contributed by atoms with Gasteiger partial charge in [0.2, 0.25) is 5.28 Å². The fraction of sp³-hybridized carbons (Fsp3) is 0.111. The largest absolute Gasteiger partial charge is 0.482 e. The molecule has 0 radical (unpaired) electrons. The van der Waals surface area contributed by atoms with Crippen molar-refractivity contribution in [2.45, 2.75) is 0 Å². The summed E-state index contributed by atoms with van der Waals surface area (Å²) in [5, 5.41) is 0.138. The van der Waals surface area contributed by atoms with Crippen LogP contribution < -0.4 is 11.5 Å². The third kappa shape index (κ3) is 2.85. The summed E-state index contributed by atoms with van der Waals surface area (Å²) >= 11 is 5.66. The summed E-state index contributed by atoms with van der Waals surface area (Å²) in [4.78, 5) is 7.75. The molecule has 80 valence electrons. The van der Waals surface area contributed by atoms with E-state index in [2.05, 4.69) is 9.97 Å². The molecule has 1 aromatic rings. The van der Waals surface area contributed by atoms with E-state index in [1.54, 1.807) is 12.1 Å². The smallest absolute Gasteiger partial charge is 0.222 e. The molecule has 0 saturated heterocycles. The van der Waals surface area contributed by atoms with E-state index in [1.807, 2.05) is 0 Å². The number of halogens is 1. The van der Waals surface area contributed by atoms with Gasteiger partial charge < -0.3 is 16.2 Å². The molecule has 5 nitrogen and oxygen atoms in total. The monoisotopic (exact) mass is 226 g/mol. The summed E-state index contributed by atoms with van der Waals surface area (Å²) < 4.78 is 4.91. The normalized spacial score (nSPS) is 12.7. The fourth-order valence-electron chi connectivity index (χ4n) is 0.985. The summed E-state index contributed by atoms with van der Waals surface area (Å²) in [5.74, 6) is 0.214. The molecule has 6 heteroatoms. The van der Waals surface area contributed by atoms with Gasteiger partial charge in [-0.25, -0.2) is 9.97 Å². The highest BCUT2D eigenvalue weighted by molar-refractivity contribution is 6.28. The van der Waals surface area contributed by atoms with Crippen molar-refractivity contribution in [3.8, 4) is 0 Å². The topological polar surface area (TPSA) is 87.0 Å².